The van der Waals surface area contributed by atoms with Crippen LogP contribution in [0.2, 0.25) is 0 Å². The van der Waals surface area contributed by atoms with E-state index in [1.807, 2.05) is 0 Å². The zero-order chi connectivity index (χ0) is 10.7. The number of nitrogens with two attached hydrogens (primary N) is 1. The predicted molar refractivity (Wildman–Crippen MR) is 61.3 cm³/mol. The first-order chi connectivity index (χ1) is 7.06. The SMILES string of the molecule is NC(=O)C12CC(c3ccc(Br)cc3)(C1)C2. The Morgan fingerprint density at radius 1 is 1.20 bits per heavy atom. The molecule has 2 N–H and O–H groups in total. The molecule has 1 aromatic carbocycles. The van der Waals surface area contributed by atoms with E-state index in [4.69, 9.17) is 5.73 Å². The molecule has 3 saturated carbocycles. The highest BCUT2D eigenvalue weighted by Gasteiger charge is 2.71. The highest BCUT2D eigenvalue weighted by Crippen LogP contribution is 2.73. The van der Waals surface area contributed by atoms with Gasteiger partial charge < -0.3 is 5.73 Å². The molecule has 0 unspecified atom stereocenters. The molecule has 0 radical (unpaired) electrons. The summed E-state index contributed by atoms with van der Waals surface area (Å²) in [6.07, 6.45) is 2.87. The summed E-state index contributed by atoms with van der Waals surface area (Å²) in [5, 5.41) is 0. The second kappa shape index (κ2) is 2.64. The fourth-order valence-electron chi connectivity index (χ4n) is 3.16. The van der Waals surface area contributed by atoms with Crippen molar-refractivity contribution < 1.29 is 4.79 Å². The summed E-state index contributed by atoms with van der Waals surface area (Å²) in [6, 6.07) is 8.42. The molecule has 4 rings (SSSR count). The molecule has 3 aliphatic carbocycles. The van der Waals surface area contributed by atoms with Gasteiger partial charge in [0, 0.05) is 4.47 Å². The van der Waals surface area contributed by atoms with E-state index in [0.29, 0.717) is 0 Å². The average molecular weight is 266 g/mol. The zero-order valence-electron chi connectivity index (χ0n) is 8.29. The molecular formula is C12H12BrNO. The number of amides is 1. The minimum absolute atomic E-state index is 0.110. The van der Waals surface area contributed by atoms with Crippen LogP contribution in [-0.2, 0) is 10.2 Å². The van der Waals surface area contributed by atoms with Crippen LogP contribution in [0.15, 0.2) is 28.7 Å². The molecule has 0 heterocycles. The van der Waals surface area contributed by atoms with Crippen molar-refractivity contribution in [2.75, 3.05) is 0 Å². The van der Waals surface area contributed by atoms with Gasteiger partial charge in [-0.1, -0.05) is 28.1 Å². The van der Waals surface area contributed by atoms with Crippen LogP contribution in [0.3, 0.4) is 0 Å². The Hall–Kier alpha value is -0.830. The first-order valence-corrected chi connectivity index (χ1v) is 5.92. The second-order valence-corrected chi connectivity index (χ2v) is 5.88. The normalized spacial score (nSPS) is 36.6. The van der Waals surface area contributed by atoms with Crippen molar-refractivity contribution in [3.05, 3.63) is 34.3 Å². The molecule has 0 aromatic heterocycles. The van der Waals surface area contributed by atoms with Crippen LogP contribution in [0.4, 0.5) is 0 Å². The van der Waals surface area contributed by atoms with Gasteiger partial charge in [0.1, 0.15) is 0 Å². The van der Waals surface area contributed by atoms with Crippen molar-refractivity contribution in [1.29, 1.82) is 0 Å². The molecule has 0 atom stereocenters. The first kappa shape index (κ1) is 9.40. The van der Waals surface area contributed by atoms with Crippen molar-refractivity contribution in [1.82, 2.24) is 0 Å². The molecule has 0 spiro atoms. The number of carbonyl (C=O) groups is 1. The standard InChI is InChI=1S/C12H12BrNO/c13-9-3-1-8(2-4-9)11-5-12(6-11,7-11)10(14)15/h1-4H,5-7H2,(H2,14,15). The summed E-state index contributed by atoms with van der Waals surface area (Å²) in [5.41, 5.74) is 6.87. The van der Waals surface area contributed by atoms with Gasteiger partial charge in [-0.25, -0.2) is 0 Å². The number of hydrogen-bond donors (Lipinski definition) is 1. The molecule has 1 amide bonds. The lowest BCUT2D eigenvalue weighted by Crippen LogP contribution is -2.69. The molecule has 2 bridgehead atoms. The third-order valence-corrected chi connectivity index (χ3v) is 4.54. The Morgan fingerprint density at radius 2 is 1.73 bits per heavy atom. The lowest BCUT2D eigenvalue weighted by atomic mass is 9.33. The predicted octanol–water partition coefficient (Wildman–Crippen LogP) is 2.36. The maximum absolute atomic E-state index is 11.2. The van der Waals surface area contributed by atoms with Gasteiger partial charge in [0.25, 0.3) is 0 Å². The third-order valence-electron chi connectivity index (χ3n) is 4.01. The van der Waals surface area contributed by atoms with Gasteiger partial charge >= 0.3 is 0 Å². The Kier molecular flexibility index (Phi) is 1.66. The van der Waals surface area contributed by atoms with Crippen LogP contribution in [-0.4, -0.2) is 5.91 Å². The summed E-state index contributed by atoms with van der Waals surface area (Å²) < 4.78 is 1.10. The number of benzene rings is 1. The van der Waals surface area contributed by atoms with E-state index in [0.717, 1.165) is 23.7 Å². The monoisotopic (exact) mass is 265 g/mol. The summed E-state index contributed by atoms with van der Waals surface area (Å²) in [6.45, 7) is 0. The molecule has 3 aliphatic rings. The summed E-state index contributed by atoms with van der Waals surface area (Å²) in [4.78, 5) is 11.2. The van der Waals surface area contributed by atoms with Crippen LogP contribution in [0.25, 0.3) is 0 Å². The van der Waals surface area contributed by atoms with Crippen molar-refractivity contribution >= 4 is 21.8 Å². The molecule has 3 fully saturated rings. The van der Waals surface area contributed by atoms with E-state index in [1.54, 1.807) is 0 Å². The van der Waals surface area contributed by atoms with Crippen LogP contribution in [0, 0.1) is 5.41 Å². The van der Waals surface area contributed by atoms with Crippen molar-refractivity contribution in [3.8, 4) is 0 Å². The van der Waals surface area contributed by atoms with E-state index >= 15 is 0 Å². The second-order valence-electron chi connectivity index (χ2n) is 4.96. The Morgan fingerprint density at radius 3 is 2.20 bits per heavy atom. The molecule has 3 heteroatoms. The third kappa shape index (κ3) is 1.07. The highest BCUT2D eigenvalue weighted by molar-refractivity contribution is 9.10. The lowest BCUT2D eigenvalue weighted by molar-refractivity contribution is -0.172. The highest BCUT2D eigenvalue weighted by atomic mass is 79.9. The number of primary amides is 1. The topological polar surface area (TPSA) is 43.1 Å². The fourth-order valence-corrected chi connectivity index (χ4v) is 3.42. The van der Waals surface area contributed by atoms with Crippen LogP contribution in [0.1, 0.15) is 24.8 Å². The zero-order valence-corrected chi connectivity index (χ0v) is 9.88. The summed E-state index contributed by atoms with van der Waals surface area (Å²) >= 11 is 3.42. The largest absolute Gasteiger partial charge is 0.369 e. The van der Waals surface area contributed by atoms with Crippen molar-refractivity contribution in [3.63, 3.8) is 0 Å². The Balaban J connectivity index is 1.84. The number of hydrogen-bond acceptors (Lipinski definition) is 1. The molecular weight excluding hydrogens is 254 g/mol. The number of halogens is 1. The van der Waals surface area contributed by atoms with Gasteiger partial charge in [-0.2, -0.15) is 0 Å². The summed E-state index contributed by atoms with van der Waals surface area (Å²) in [5.74, 6) is -0.110. The van der Waals surface area contributed by atoms with Gasteiger partial charge in [0.15, 0.2) is 0 Å². The molecule has 2 nitrogen and oxygen atoms in total. The molecule has 0 aliphatic heterocycles. The lowest BCUT2D eigenvalue weighted by Gasteiger charge is -2.69. The van der Waals surface area contributed by atoms with E-state index in [9.17, 15) is 4.79 Å². The maximum atomic E-state index is 11.2. The molecule has 78 valence electrons. The van der Waals surface area contributed by atoms with E-state index in [2.05, 4.69) is 40.2 Å². The summed E-state index contributed by atoms with van der Waals surface area (Å²) in [7, 11) is 0. The van der Waals surface area contributed by atoms with Crippen LogP contribution in [0.5, 0.6) is 0 Å². The number of rotatable bonds is 2. The quantitative estimate of drug-likeness (QED) is 0.877. The fraction of sp³-hybridized carbons (Fsp3) is 0.417. The Bertz CT molecular complexity index is 418. The van der Waals surface area contributed by atoms with E-state index in [-0.39, 0.29) is 16.7 Å². The van der Waals surface area contributed by atoms with Gasteiger partial charge in [-0.15, -0.1) is 0 Å². The number of carbonyl (C=O) groups excluding carboxylic acids is 1. The van der Waals surface area contributed by atoms with Crippen molar-refractivity contribution in [2.24, 2.45) is 11.1 Å². The van der Waals surface area contributed by atoms with E-state index in [1.165, 1.54) is 5.56 Å². The van der Waals surface area contributed by atoms with Crippen LogP contribution < -0.4 is 5.73 Å². The molecule has 1 aromatic rings. The maximum Gasteiger partial charge on any atom is 0.223 e. The minimum atomic E-state index is -0.146. The molecule has 15 heavy (non-hydrogen) atoms. The van der Waals surface area contributed by atoms with Crippen molar-refractivity contribution in [2.45, 2.75) is 24.7 Å². The first-order valence-electron chi connectivity index (χ1n) is 5.12. The molecule has 0 saturated heterocycles. The Labute approximate surface area is 97.0 Å². The van der Waals surface area contributed by atoms with Gasteiger partial charge in [-0.3, -0.25) is 4.79 Å². The van der Waals surface area contributed by atoms with Gasteiger partial charge in [-0.05, 0) is 42.4 Å². The van der Waals surface area contributed by atoms with Crippen LogP contribution >= 0.6 is 15.9 Å². The van der Waals surface area contributed by atoms with Gasteiger partial charge in [0.2, 0.25) is 5.91 Å². The average Bonchev–Trinajstić information content (AvgIpc) is 2.02. The smallest absolute Gasteiger partial charge is 0.223 e. The van der Waals surface area contributed by atoms with E-state index < -0.39 is 0 Å². The van der Waals surface area contributed by atoms with Gasteiger partial charge in [0.05, 0.1) is 5.41 Å². The minimum Gasteiger partial charge on any atom is -0.369 e.